The summed E-state index contributed by atoms with van der Waals surface area (Å²) in [4.78, 5) is 25.5. The van der Waals surface area contributed by atoms with Gasteiger partial charge in [-0.3, -0.25) is 9.59 Å². The highest BCUT2D eigenvalue weighted by molar-refractivity contribution is 5.91. The fraction of sp³-hybridized carbons (Fsp3) is 0.833. The minimum absolute atomic E-state index is 0.00402. The Morgan fingerprint density at radius 3 is 2.82 bits per heavy atom. The van der Waals surface area contributed by atoms with Crippen LogP contribution < -0.4 is 10.6 Å². The molecule has 0 bridgehead atoms. The summed E-state index contributed by atoms with van der Waals surface area (Å²) < 4.78 is 0. The second-order valence-electron chi connectivity index (χ2n) is 4.84. The minimum Gasteiger partial charge on any atom is -0.344 e. The van der Waals surface area contributed by atoms with E-state index < -0.39 is 0 Å². The van der Waals surface area contributed by atoms with E-state index in [2.05, 4.69) is 17.6 Å². The molecule has 2 fully saturated rings. The van der Waals surface area contributed by atoms with E-state index in [9.17, 15) is 9.59 Å². The average molecular weight is 239 g/mol. The summed E-state index contributed by atoms with van der Waals surface area (Å²) >= 11 is 0. The normalized spacial score (nSPS) is 28.2. The van der Waals surface area contributed by atoms with Gasteiger partial charge in [-0.25, -0.2) is 0 Å². The van der Waals surface area contributed by atoms with Crippen molar-refractivity contribution in [1.29, 1.82) is 0 Å². The fourth-order valence-corrected chi connectivity index (χ4v) is 2.62. The van der Waals surface area contributed by atoms with Crippen LogP contribution in [0.3, 0.4) is 0 Å². The topological polar surface area (TPSA) is 61.4 Å². The molecule has 2 aliphatic rings. The molecular formula is C12H21N3O2. The first kappa shape index (κ1) is 12.4. The van der Waals surface area contributed by atoms with Crippen molar-refractivity contribution in [3.63, 3.8) is 0 Å². The van der Waals surface area contributed by atoms with Gasteiger partial charge in [-0.05, 0) is 25.8 Å². The van der Waals surface area contributed by atoms with Gasteiger partial charge >= 0.3 is 0 Å². The second-order valence-corrected chi connectivity index (χ2v) is 4.84. The summed E-state index contributed by atoms with van der Waals surface area (Å²) in [6.45, 7) is 4.73. The third-order valence-electron chi connectivity index (χ3n) is 3.52. The Hall–Kier alpha value is -1.10. The van der Waals surface area contributed by atoms with Crippen molar-refractivity contribution in [1.82, 2.24) is 15.5 Å². The quantitative estimate of drug-likeness (QED) is 0.718. The Bertz CT molecular complexity index is 300. The molecule has 2 N–H and O–H groups in total. The Labute approximate surface area is 102 Å². The molecule has 2 saturated heterocycles. The zero-order valence-electron chi connectivity index (χ0n) is 10.4. The van der Waals surface area contributed by atoms with Crippen molar-refractivity contribution >= 4 is 11.8 Å². The second kappa shape index (κ2) is 5.49. The number of nitrogens with one attached hydrogen (secondary N) is 2. The Morgan fingerprint density at radius 1 is 1.47 bits per heavy atom. The molecule has 2 rings (SSSR count). The number of carbonyl (C=O) groups excluding carboxylic acids is 2. The van der Waals surface area contributed by atoms with Crippen LogP contribution in [0.1, 0.15) is 32.6 Å². The van der Waals surface area contributed by atoms with Gasteiger partial charge < -0.3 is 15.5 Å². The monoisotopic (exact) mass is 239 g/mol. The van der Waals surface area contributed by atoms with E-state index in [0.29, 0.717) is 18.9 Å². The number of rotatable bonds is 4. The molecule has 0 saturated carbocycles. The van der Waals surface area contributed by atoms with E-state index >= 15 is 0 Å². The van der Waals surface area contributed by atoms with Gasteiger partial charge in [0.15, 0.2) is 0 Å². The highest BCUT2D eigenvalue weighted by atomic mass is 16.2. The Kier molecular flexibility index (Phi) is 3.99. The lowest BCUT2D eigenvalue weighted by molar-refractivity contribution is -0.136. The lowest BCUT2D eigenvalue weighted by Gasteiger charge is -2.30. The van der Waals surface area contributed by atoms with Gasteiger partial charge in [0.2, 0.25) is 11.8 Å². The summed E-state index contributed by atoms with van der Waals surface area (Å²) in [5.41, 5.74) is 0. The molecule has 2 amide bonds. The molecule has 2 atom stereocenters. The summed E-state index contributed by atoms with van der Waals surface area (Å²) in [6, 6.07) is 0.0228. The van der Waals surface area contributed by atoms with E-state index in [1.165, 1.54) is 0 Å². The van der Waals surface area contributed by atoms with E-state index in [4.69, 9.17) is 0 Å². The predicted octanol–water partition coefficient (Wildman–Crippen LogP) is -0.134. The van der Waals surface area contributed by atoms with Crippen LogP contribution in [0.2, 0.25) is 0 Å². The molecule has 0 radical (unpaired) electrons. The van der Waals surface area contributed by atoms with Crippen LogP contribution in [0.15, 0.2) is 0 Å². The summed E-state index contributed by atoms with van der Waals surface area (Å²) in [6.07, 6.45) is 3.12. The van der Waals surface area contributed by atoms with Crippen molar-refractivity contribution in [3.8, 4) is 0 Å². The minimum atomic E-state index is -0.283. The predicted molar refractivity (Wildman–Crippen MR) is 64.4 cm³/mol. The Morgan fingerprint density at radius 2 is 2.29 bits per heavy atom. The van der Waals surface area contributed by atoms with Crippen molar-refractivity contribution < 1.29 is 9.59 Å². The maximum Gasteiger partial charge on any atom is 0.245 e. The largest absolute Gasteiger partial charge is 0.344 e. The smallest absolute Gasteiger partial charge is 0.245 e. The fourth-order valence-electron chi connectivity index (χ4n) is 2.62. The maximum absolute atomic E-state index is 12.4. The van der Waals surface area contributed by atoms with Crippen molar-refractivity contribution in [2.75, 3.05) is 19.6 Å². The molecule has 0 aromatic carbocycles. The SMILES string of the molecule is CCCN(C(=O)[C@@H]1CCC(=O)N1)C1CCNC1. The molecular weight excluding hydrogens is 218 g/mol. The van der Waals surface area contributed by atoms with Crippen LogP contribution >= 0.6 is 0 Å². The standard InChI is InChI=1S/C12H21N3O2/c1-2-7-15(9-5-6-13-8-9)12(17)10-3-4-11(16)14-10/h9-10,13H,2-8H2,1H3,(H,14,16)/t9?,10-/m0/s1. The lowest BCUT2D eigenvalue weighted by Crippen LogP contribution is -2.50. The van der Waals surface area contributed by atoms with Crippen molar-refractivity contribution in [3.05, 3.63) is 0 Å². The highest BCUT2D eigenvalue weighted by Crippen LogP contribution is 2.15. The van der Waals surface area contributed by atoms with E-state index in [-0.39, 0.29) is 17.9 Å². The summed E-state index contributed by atoms with van der Waals surface area (Å²) in [5.74, 6) is 0.107. The molecule has 5 heteroatoms. The molecule has 2 heterocycles. The highest BCUT2D eigenvalue weighted by Gasteiger charge is 2.34. The molecule has 5 nitrogen and oxygen atoms in total. The van der Waals surface area contributed by atoms with E-state index in [1.54, 1.807) is 0 Å². The molecule has 0 spiro atoms. The lowest BCUT2D eigenvalue weighted by atomic mass is 10.1. The first-order valence-electron chi connectivity index (χ1n) is 6.53. The van der Waals surface area contributed by atoms with Crippen LogP contribution in [0.4, 0.5) is 0 Å². The summed E-state index contributed by atoms with van der Waals surface area (Å²) in [7, 11) is 0. The summed E-state index contributed by atoms with van der Waals surface area (Å²) in [5, 5.41) is 6.05. The molecule has 0 aromatic rings. The van der Waals surface area contributed by atoms with Gasteiger partial charge in [0.25, 0.3) is 0 Å². The molecule has 96 valence electrons. The number of hydrogen-bond donors (Lipinski definition) is 2. The van der Waals surface area contributed by atoms with Crippen LogP contribution in [0, 0.1) is 0 Å². The van der Waals surface area contributed by atoms with Crippen molar-refractivity contribution in [2.24, 2.45) is 0 Å². The van der Waals surface area contributed by atoms with E-state index in [1.807, 2.05) is 4.90 Å². The molecule has 17 heavy (non-hydrogen) atoms. The number of nitrogens with zero attached hydrogens (tertiary/aromatic N) is 1. The first-order chi connectivity index (χ1) is 8.22. The zero-order valence-corrected chi connectivity index (χ0v) is 10.4. The maximum atomic E-state index is 12.4. The van der Waals surface area contributed by atoms with Gasteiger partial charge in [0, 0.05) is 25.6 Å². The van der Waals surface area contributed by atoms with Crippen LogP contribution in [0.5, 0.6) is 0 Å². The number of amides is 2. The molecule has 0 aliphatic carbocycles. The van der Waals surface area contributed by atoms with Crippen molar-refractivity contribution in [2.45, 2.75) is 44.7 Å². The van der Waals surface area contributed by atoms with Gasteiger partial charge in [0.05, 0.1) is 0 Å². The molecule has 0 aromatic heterocycles. The third-order valence-corrected chi connectivity index (χ3v) is 3.52. The van der Waals surface area contributed by atoms with Crippen LogP contribution in [0.25, 0.3) is 0 Å². The third kappa shape index (κ3) is 2.77. The zero-order chi connectivity index (χ0) is 12.3. The van der Waals surface area contributed by atoms with Gasteiger partial charge in [-0.15, -0.1) is 0 Å². The van der Waals surface area contributed by atoms with Crippen LogP contribution in [-0.2, 0) is 9.59 Å². The van der Waals surface area contributed by atoms with Gasteiger partial charge in [-0.2, -0.15) is 0 Å². The van der Waals surface area contributed by atoms with E-state index in [0.717, 1.165) is 32.5 Å². The first-order valence-corrected chi connectivity index (χ1v) is 6.53. The number of carbonyl (C=O) groups is 2. The number of hydrogen-bond acceptors (Lipinski definition) is 3. The van der Waals surface area contributed by atoms with Gasteiger partial charge in [-0.1, -0.05) is 6.92 Å². The molecule has 1 unspecified atom stereocenters. The average Bonchev–Trinajstić information content (AvgIpc) is 2.95. The Balaban J connectivity index is 1.99. The van der Waals surface area contributed by atoms with Gasteiger partial charge in [0.1, 0.15) is 6.04 Å². The molecule has 2 aliphatic heterocycles. The van der Waals surface area contributed by atoms with Crippen LogP contribution in [-0.4, -0.2) is 48.4 Å².